The van der Waals surface area contributed by atoms with Crippen molar-refractivity contribution in [3.05, 3.63) is 90.0 Å². The molecule has 1 saturated heterocycles. The maximum Gasteiger partial charge on any atom is 0.258 e. The summed E-state index contributed by atoms with van der Waals surface area (Å²) in [7, 11) is 3.87. The number of carbonyl (C=O) groups is 2. The lowest BCUT2D eigenvalue weighted by Crippen LogP contribution is -2.48. The number of piperazine rings is 1. The number of halogens is 1. The van der Waals surface area contributed by atoms with Crippen LogP contribution in [0.4, 0.5) is 21.5 Å². The van der Waals surface area contributed by atoms with Crippen LogP contribution in [0.5, 0.6) is 0 Å². The van der Waals surface area contributed by atoms with Gasteiger partial charge in [-0.15, -0.1) is 0 Å². The molecule has 2 amide bonds. The smallest absolute Gasteiger partial charge is 0.258 e. The van der Waals surface area contributed by atoms with Crippen LogP contribution in [0.2, 0.25) is 0 Å². The average Bonchev–Trinajstić information content (AvgIpc) is 3.31. The van der Waals surface area contributed by atoms with Gasteiger partial charge in [-0.2, -0.15) is 0 Å². The van der Waals surface area contributed by atoms with E-state index < -0.39 is 5.82 Å². The van der Waals surface area contributed by atoms with Crippen molar-refractivity contribution < 1.29 is 14.0 Å². The van der Waals surface area contributed by atoms with E-state index in [0.717, 1.165) is 48.6 Å². The summed E-state index contributed by atoms with van der Waals surface area (Å²) in [6.45, 7) is 4.04. The second-order valence-electron chi connectivity index (χ2n) is 10.4. The molecule has 1 aromatic heterocycles. The van der Waals surface area contributed by atoms with Gasteiger partial charge in [0.25, 0.3) is 5.91 Å². The zero-order valence-electron chi connectivity index (χ0n) is 22.9. The van der Waals surface area contributed by atoms with Crippen molar-refractivity contribution in [3.8, 4) is 0 Å². The minimum atomic E-state index is -0.428. The molecular formula is C31H30FN7O2. The highest BCUT2D eigenvalue weighted by Crippen LogP contribution is 2.38. The van der Waals surface area contributed by atoms with Gasteiger partial charge in [0.2, 0.25) is 5.91 Å². The summed E-state index contributed by atoms with van der Waals surface area (Å²) in [6, 6.07) is 17.3. The van der Waals surface area contributed by atoms with Crippen LogP contribution in [-0.4, -0.2) is 78.4 Å². The molecule has 0 unspecified atom stereocenters. The Kier molecular flexibility index (Phi) is 7.17. The number of aromatic nitrogens is 2. The lowest BCUT2D eigenvalue weighted by molar-refractivity contribution is -0.119. The first-order chi connectivity index (χ1) is 19.9. The molecule has 0 saturated carbocycles. The highest BCUT2D eigenvalue weighted by molar-refractivity contribution is 6.37. The third-order valence-electron chi connectivity index (χ3n) is 7.59. The van der Waals surface area contributed by atoms with Crippen molar-refractivity contribution in [2.45, 2.75) is 0 Å². The number of rotatable bonds is 6. The van der Waals surface area contributed by atoms with Gasteiger partial charge in [-0.1, -0.05) is 6.07 Å². The van der Waals surface area contributed by atoms with E-state index >= 15 is 0 Å². The number of nitrogens with one attached hydrogen (secondary N) is 2. The summed E-state index contributed by atoms with van der Waals surface area (Å²) in [5.41, 5.74) is 5.59. The van der Waals surface area contributed by atoms with Crippen LogP contribution < -0.4 is 15.5 Å². The number of hydrogen-bond donors (Lipinski definition) is 2. The summed E-state index contributed by atoms with van der Waals surface area (Å²) >= 11 is 0. The number of fused-ring (bicyclic) bond motifs is 2. The third kappa shape index (κ3) is 5.52. The van der Waals surface area contributed by atoms with Gasteiger partial charge in [-0.3, -0.25) is 24.5 Å². The second kappa shape index (κ2) is 11.1. The van der Waals surface area contributed by atoms with Crippen LogP contribution in [0, 0.1) is 5.82 Å². The molecule has 0 radical (unpaired) electrons. The number of anilines is 3. The molecule has 9 nitrogen and oxygen atoms in total. The Morgan fingerprint density at radius 2 is 1.71 bits per heavy atom. The van der Waals surface area contributed by atoms with Crippen LogP contribution in [0.25, 0.3) is 22.3 Å². The van der Waals surface area contributed by atoms with Gasteiger partial charge in [-0.25, -0.2) is 4.39 Å². The molecule has 4 aromatic rings. The monoisotopic (exact) mass is 551 g/mol. The van der Waals surface area contributed by atoms with Gasteiger partial charge in [0, 0.05) is 68.1 Å². The molecule has 0 atom stereocenters. The normalized spacial score (nSPS) is 16.8. The number of nitrogens with zero attached hydrogens (tertiary/aromatic N) is 5. The van der Waals surface area contributed by atoms with Crippen LogP contribution in [0.3, 0.4) is 0 Å². The van der Waals surface area contributed by atoms with E-state index in [0.29, 0.717) is 34.6 Å². The van der Waals surface area contributed by atoms with E-state index in [1.165, 1.54) is 12.1 Å². The van der Waals surface area contributed by atoms with Crippen LogP contribution in [0.1, 0.15) is 11.1 Å². The summed E-state index contributed by atoms with van der Waals surface area (Å²) in [4.78, 5) is 41.0. The van der Waals surface area contributed by atoms with Crippen molar-refractivity contribution in [2.24, 2.45) is 0 Å². The average molecular weight is 552 g/mol. The Balaban J connectivity index is 1.30. The second-order valence-corrected chi connectivity index (χ2v) is 10.4. The van der Waals surface area contributed by atoms with Gasteiger partial charge in [0.05, 0.1) is 34.5 Å². The fraction of sp³-hybridized carbons (Fsp3) is 0.226. The fourth-order valence-corrected chi connectivity index (χ4v) is 5.15. The molecule has 3 heterocycles. The molecule has 3 aromatic carbocycles. The van der Waals surface area contributed by atoms with E-state index in [1.807, 2.05) is 42.5 Å². The topological polar surface area (TPSA) is 93.7 Å². The summed E-state index contributed by atoms with van der Waals surface area (Å²) in [6.07, 6.45) is 3.25. The van der Waals surface area contributed by atoms with Crippen LogP contribution >= 0.6 is 0 Å². The molecule has 0 bridgehead atoms. The lowest BCUT2D eigenvalue weighted by Gasteiger charge is -2.32. The van der Waals surface area contributed by atoms with Gasteiger partial charge in [0.15, 0.2) is 0 Å². The number of amides is 2. The Bertz CT molecular complexity index is 1660. The number of benzene rings is 3. The molecule has 1 fully saturated rings. The van der Waals surface area contributed by atoms with Crippen LogP contribution in [-0.2, 0) is 9.59 Å². The predicted octanol–water partition coefficient (Wildman–Crippen LogP) is 3.91. The molecule has 41 heavy (non-hydrogen) atoms. The Morgan fingerprint density at radius 1 is 0.976 bits per heavy atom. The maximum absolute atomic E-state index is 13.9. The van der Waals surface area contributed by atoms with Crippen molar-refractivity contribution in [3.63, 3.8) is 0 Å². The Morgan fingerprint density at radius 3 is 2.46 bits per heavy atom. The molecular weight excluding hydrogens is 521 g/mol. The molecule has 6 rings (SSSR count). The van der Waals surface area contributed by atoms with Crippen molar-refractivity contribution in [2.75, 3.05) is 62.4 Å². The highest BCUT2D eigenvalue weighted by atomic mass is 19.1. The van der Waals surface area contributed by atoms with Crippen LogP contribution in [0.15, 0.2) is 73.1 Å². The number of hydrogen-bond acceptors (Lipinski definition) is 7. The largest absolute Gasteiger partial charge is 0.354 e. The van der Waals surface area contributed by atoms with E-state index in [-0.39, 0.29) is 11.8 Å². The van der Waals surface area contributed by atoms with Gasteiger partial charge < -0.3 is 20.4 Å². The minimum absolute atomic E-state index is 0.0295. The fourth-order valence-electron chi connectivity index (χ4n) is 5.15. The minimum Gasteiger partial charge on any atom is -0.354 e. The van der Waals surface area contributed by atoms with Crippen molar-refractivity contribution in [1.82, 2.24) is 19.8 Å². The Labute approximate surface area is 237 Å². The molecule has 2 aliphatic heterocycles. The SMILES string of the molecule is CN1CCN(CC(=O)N(C)c2ccc(N/C(=C3\C(=O)Nc4cc(F)ccc43)c3ccc4nccnc4c3)cc2)CC1. The van der Waals surface area contributed by atoms with E-state index in [1.54, 1.807) is 30.4 Å². The summed E-state index contributed by atoms with van der Waals surface area (Å²) < 4.78 is 13.9. The highest BCUT2D eigenvalue weighted by Gasteiger charge is 2.29. The zero-order chi connectivity index (χ0) is 28.5. The molecule has 10 heteroatoms. The van der Waals surface area contributed by atoms with Gasteiger partial charge in [-0.05, 0) is 61.6 Å². The molecule has 0 aliphatic carbocycles. The number of likely N-dealkylation sites (N-methyl/N-ethyl adjacent to an activating group) is 2. The van der Waals surface area contributed by atoms with Gasteiger partial charge in [0.1, 0.15) is 5.82 Å². The predicted molar refractivity (Wildman–Crippen MR) is 159 cm³/mol. The summed E-state index contributed by atoms with van der Waals surface area (Å²) in [5.74, 6) is -0.734. The standard InChI is InChI=1S/C31H30FN7O2/c1-37-13-15-39(16-14-37)19-28(40)38(2)23-7-5-22(6-8-23)35-30(20-3-10-25-27(17-20)34-12-11-33-25)29-24-9-4-21(32)18-26(24)36-31(29)41/h3-12,17-18,35H,13-16,19H2,1-2H3,(H,36,41)/b30-29-. The molecule has 2 N–H and O–H groups in total. The van der Waals surface area contributed by atoms with E-state index in [4.69, 9.17) is 0 Å². The Hall–Kier alpha value is -4.67. The molecule has 208 valence electrons. The van der Waals surface area contributed by atoms with E-state index in [2.05, 4.69) is 37.4 Å². The molecule has 0 spiro atoms. The first-order valence-electron chi connectivity index (χ1n) is 13.5. The first kappa shape index (κ1) is 26.5. The lowest BCUT2D eigenvalue weighted by atomic mass is 9.99. The maximum atomic E-state index is 13.9. The van der Waals surface area contributed by atoms with E-state index in [9.17, 15) is 14.0 Å². The number of carbonyl (C=O) groups excluding carboxylic acids is 2. The van der Waals surface area contributed by atoms with Crippen molar-refractivity contribution in [1.29, 1.82) is 0 Å². The zero-order valence-corrected chi connectivity index (χ0v) is 22.9. The van der Waals surface area contributed by atoms with Crippen molar-refractivity contribution >= 4 is 51.2 Å². The third-order valence-corrected chi connectivity index (χ3v) is 7.59. The molecule has 2 aliphatic rings. The van der Waals surface area contributed by atoms with Gasteiger partial charge >= 0.3 is 0 Å². The quantitative estimate of drug-likeness (QED) is 0.351. The first-order valence-corrected chi connectivity index (χ1v) is 13.5. The summed E-state index contributed by atoms with van der Waals surface area (Å²) in [5, 5.41) is 6.19.